The van der Waals surface area contributed by atoms with Crippen molar-refractivity contribution in [3.05, 3.63) is 55.6 Å². The Morgan fingerprint density at radius 1 is 1.17 bits per heavy atom. The van der Waals surface area contributed by atoms with Gasteiger partial charge in [0.1, 0.15) is 0 Å². The van der Waals surface area contributed by atoms with Crippen molar-refractivity contribution in [1.29, 1.82) is 0 Å². The SMILES string of the molecule is CC(N[C@@H](C)c1ccc(Cl)cc1)c1cc(Br)cs1. The van der Waals surface area contributed by atoms with Gasteiger partial charge >= 0.3 is 0 Å². The molecule has 4 heteroatoms. The fourth-order valence-electron chi connectivity index (χ4n) is 1.86. The Morgan fingerprint density at radius 2 is 1.83 bits per heavy atom. The van der Waals surface area contributed by atoms with Gasteiger partial charge in [0.2, 0.25) is 0 Å². The third-order valence-corrected chi connectivity index (χ3v) is 5.01. The first kappa shape index (κ1) is 14.1. The standard InChI is InChI=1S/C14H15BrClNS/c1-9(11-3-5-13(16)6-4-11)17-10(2)14-7-12(15)8-18-14/h3-10,17H,1-2H3/t9-,10?/m0/s1. The lowest BCUT2D eigenvalue weighted by Gasteiger charge is -2.19. The Kier molecular flexibility index (Phi) is 4.84. The number of rotatable bonds is 4. The summed E-state index contributed by atoms with van der Waals surface area (Å²) in [5.41, 5.74) is 1.25. The number of nitrogens with one attached hydrogen (secondary N) is 1. The van der Waals surface area contributed by atoms with E-state index in [1.807, 2.05) is 12.1 Å². The number of hydrogen-bond donors (Lipinski definition) is 1. The van der Waals surface area contributed by atoms with Crippen LogP contribution in [0.3, 0.4) is 0 Å². The molecule has 2 rings (SSSR count). The molecule has 1 aromatic carbocycles. The molecule has 2 atom stereocenters. The minimum atomic E-state index is 0.304. The second-order valence-corrected chi connectivity index (χ2v) is 6.62. The first-order chi connectivity index (χ1) is 8.56. The molecule has 0 aliphatic carbocycles. The van der Waals surface area contributed by atoms with Crippen molar-refractivity contribution in [2.45, 2.75) is 25.9 Å². The topological polar surface area (TPSA) is 12.0 Å². The molecule has 0 spiro atoms. The van der Waals surface area contributed by atoms with Crippen LogP contribution in [-0.2, 0) is 0 Å². The Morgan fingerprint density at radius 3 is 2.39 bits per heavy atom. The van der Waals surface area contributed by atoms with Crippen LogP contribution in [0.2, 0.25) is 5.02 Å². The molecule has 1 aromatic heterocycles. The van der Waals surface area contributed by atoms with Crippen LogP contribution >= 0.6 is 38.9 Å². The Balaban J connectivity index is 2.02. The quantitative estimate of drug-likeness (QED) is 0.764. The van der Waals surface area contributed by atoms with Crippen molar-refractivity contribution in [2.24, 2.45) is 0 Å². The van der Waals surface area contributed by atoms with Gasteiger partial charge in [0, 0.05) is 31.8 Å². The lowest BCUT2D eigenvalue weighted by Crippen LogP contribution is -2.21. The highest BCUT2D eigenvalue weighted by atomic mass is 79.9. The van der Waals surface area contributed by atoms with E-state index in [0.717, 1.165) is 9.50 Å². The van der Waals surface area contributed by atoms with Crippen molar-refractivity contribution in [3.8, 4) is 0 Å². The first-order valence-corrected chi connectivity index (χ1v) is 7.87. The smallest absolute Gasteiger partial charge is 0.0406 e. The lowest BCUT2D eigenvalue weighted by atomic mass is 10.1. The van der Waals surface area contributed by atoms with Gasteiger partial charge in [-0.15, -0.1) is 11.3 Å². The van der Waals surface area contributed by atoms with Gasteiger partial charge in [0.15, 0.2) is 0 Å². The van der Waals surface area contributed by atoms with Crippen LogP contribution in [0.4, 0.5) is 0 Å². The van der Waals surface area contributed by atoms with E-state index in [9.17, 15) is 0 Å². The second kappa shape index (κ2) is 6.20. The number of hydrogen-bond acceptors (Lipinski definition) is 2. The van der Waals surface area contributed by atoms with E-state index in [4.69, 9.17) is 11.6 Å². The highest BCUT2D eigenvalue weighted by Gasteiger charge is 2.12. The van der Waals surface area contributed by atoms with Crippen LogP contribution in [0.25, 0.3) is 0 Å². The number of benzene rings is 1. The second-order valence-electron chi connectivity index (χ2n) is 4.33. The molecule has 0 saturated heterocycles. The summed E-state index contributed by atoms with van der Waals surface area (Å²) in [6.07, 6.45) is 0. The zero-order chi connectivity index (χ0) is 13.1. The maximum absolute atomic E-state index is 5.90. The first-order valence-electron chi connectivity index (χ1n) is 5.81. The predicted octanol–water partition coefficient (Wildman–Crippen LogP) is 5.58. The predicted molar refractivity (Wildman–Crippen MR) is 83.4 cm³/mol. The Labute approximate surface area is 125 Å². The summed E-state index contributed by atoms with van der Waals surface area (Å²) in [5, 5.41) is 6.48. The average Bonchev–Trinajstić information content (AvgIpc) is 2.76. The van der Waals surface area contributed by atoms with Crippen LogP contribution in [0, 0.1) is 0 Å². The molecule has 0 fully saturated rings. The molecule has 18 heavy (non-hydrogen) atoms. The number of halogens is 2. The van der Waals surface area contributed by atoms with Gasteiger partial charge in [-0.2, -0.15) is 0 Å². The maximum Gasteiger partial charge on any atom is 0.0406 e. The van der Waals surface area contributed by atoms with Gasteiger partial charge in [0.05, 0.1) is 0 Å². The molecular formula is C14H15BrClNS. The summed E-state index contributed by atoms with van der Waals surface area (Å²) < 4.78 is 1.15. The normalized spacial score (nSPS) is 14.4. The molecule has 1 nitrogen and oxygen atoms in total. The van der Waals surface area contributed by atoms with Crippen molar-refractivity contribution in [1.82, 2.24) is 5.32 Å². The monoisotopic (exact) mass is 343 g/mol. The van der Waals surface area contributed by atoms with E-state index < -0.39 is 0 Å². The summed E-state index contributed by atoms with van der Waals surface area (Å²) in [6, 6.07) is 10.8. The molecule has 0 aliphatic heterocycles. The van der Waals surface area contributed by atoms with Crippen LogP contribution in [0.5, 0.6) is 0 Å². The summed E-state index contributed by atoms with van der Waals surface area (Å²) in [6.45, 7) is 4.35. The van der Waals surface area contributed by atoms with Gasteiger partial charge in [0.25, 0.3) is 0 Å². The van der Waals surface area contributed by atoms with Gasteiger partial charge in [-0.25, -0.2) is 0 Å². The molecule has 96 valence electrons. The van der Waals surface area contributed by atoms with Crippen molar-refractivity contribution >= 4 is 38.9 Å². The van der Waals surface area contributed by atoms with E-state index in [2.05, 4.69) is 58.7 Å². The summed E-state index contributed by atoms with van der Waals surface area (Å²) in [5.74, 6) is 0. The third kappa shape index (κ3) is 3.58. The molecule has 0 radical (unpaired) electrons. The highest BCUT2D eigenvalue weighted by molar-refractivity contribution is 9.10. The molecule has 0 amide bonds. The van der Waals surface area contributed by atoms with Gasteiger partial charge in [-0.1, -0.05) is 23.7 Å². The minimum Gasteiger partial charge on any atom is -0.303 e. The fourth-order valence-corrected chi connectivity index (χ4v) is 3.45. The largest absolute Gasteiger partial charge is 0.303 e. The summed E-state index contributed by atoms with van der Waals surface area (Å²) >= 11 is 11.2. The zero-order valence-electron chi connectivity index (χ0n) is 10.3. The van der Waals surface area contributed by atoms with E-state index >= 15 is 0 Å². The molecule has 2 aromatic rings. The molecule has 0 aliphatic rings. The number of thiophene rings is 1. The van der Waals surface area contributed by atoms with Crippen LogP contribution in [0.1, 0.15) is 36.4 Å². The van der Waals surface area contributed by atoms with Crippen molar-refractivity contribution in [2.75, 3.05) is 0 Å². The fraction of sp³-hybridized carbons (Fsp3) is 0.286. The Bertz CT molecular complexity index is 509. The van der Waals surface area contributed by atoms with Gasteiger partial charge in [-0.05, 0) is 53.5 Å². The molecule has 0 saturated carbocycles. The minimum absolute atomic E-state index is 0.304. The zero-order valence-corrected chi connectivity index (χ0v) is 13.4. The molecule has 1 heterocycles. The average molecular weight is 345 g/mol. The van der Waals surface area contributed by atoms with Gasteiger partial charge in [-0.3, -0.25) is 0 Å². The molecule has 1 unspecified atom stereocenters. The van der Waals surface area contributed by atoms with E-state index in [1.54, 1.807) is 11.3 Å². The van der Waals surface area contributed by atoms with E-state index in [-0.39, 0.29) is 0 Å². The third-order valence-electron chi connectivity index (χ3n) is 2.88. The summed E-state index contributed by atoms with van der Waals surface area (Å²) in [7, 11) is 0. The Hall–Kier alpha value is -0.350. The van der Waals surface area contributed by atoms with Crippen molar-refractivity contribution in [3.63, 3.8) is 0 Å². The maximum atomic E-state index is 5.90. The highest BCUT2D eigenvalue weighted by Crippen LogP contribution is 2.27. The lowest BCUT2D eigenvalue weighted by molar-refractivity contribution is 0.500. The molecule has 0 bridgehead atoms. The summed E-state index contributed by atoms with van der Waals surface area (Å²) in [4.78, 5) is 1.34. The van der Waals surface area contributed by atoms with E-state index in [1.165, 1.54) is 10.4 Å². The van der Waals surface area contributed by atoms with Crippen LogP contribution in [-0.4, -0.2) is 0 Å². The van der Waals surface area contributed by atoms with Gasteiger partial charge < -0.3 is 5.32 Å². The van der Waals surface area contributed by atoms with Crippen LogP contribution in [0.15, 0.2) is 40.2 Å². The van der Waals surface area contributed by atoms with Crippen molar-refractivity contribution < 1.29 is 0 Å². The molecule has 1 N–H and O–H groups in total. The molecular weight excluding hydrogens is 330 g/mol. The van der Waals surface area contributed by atoms with Crippen LogP contribution < -0.4 is 5.32 Å². The van der Waals surface area contributed by atoms with E-state index in [0.29, 0.717) is 12.1 Å².